The summed E-state index contributed by atoms with van der Waals surface area (Å²) in [5.74, 6) is 2.29. The molecule has 0 saturated heterocycles. The van der Waals surface area contributed by atoms with Gasteiger partial charge in [-0.2, -0.15) is 5.06 Å². The Morgan fingerprint density at radius 2 is 2.27 bits per heavy atom. The number of hydrogen-bond acceptors (Lipinski definition) is 2. The molecule has 0 aromatic heterocycles. The Balaban J connectivity index is 1.93. The first kappa shape index (κ1) is 7.32. The summed E-state index contributed by atoms with van der Waals surface area (Å²) in [4.78, 5) is 0. The highest BCUT2D eigenvalue weighted by Gasteiger charge is 2.35. The van der Waals surface area contributed by atoms with Gasteiger partial charge in [0.15, 0.2) is 0 Å². The minimum absolute atomic E-state index is 0.708. The van der Waals surface area contributed by atoms with E-state index in [2.05, 4.69) is 12.2 Å². The van der Waals surface area contributed by atoms with Crippen molar-refractivity contribution in [2.24, 2.45) is 17.8 Å². The van der Waals surface area contributed by atoms with E-state index in [1.165, 1.54) is 17.9 Å². The summed E-state index contributed by atoms with van der Waals surface area (Å²) >= 11 is 0. The molecule has 0 radical (unpaired) electrons. The third-order valence-corrected chi connectivity index (χ3v) is 2.92. The third-order valence-electron chi connectivity index (χ3n) is 2.92. The Hall–Kier alpha value is -0.340. The molecule has 0 spiro atoms. The Morgan fingerprint density at radius 3 is 2.73 bits per heavy atom. The molecule has 0 heterocycles. The first-order valence-electron chi connectivity index (χ1n) is 4.34. The first-order valence-corrected chi connectivity index (χ1v) is 4.34. The van der Waals surface area contributed by atoms with Gasteiger partial charge in [0.05, 0.1) is 0 Å². The van der Waals surface area contributed by atoms with E-state index in [9.17, 15) is 0 Å². The molecule has 1 N–H and O–H groups in total. The SMILES string of the molecule is CN(O)CC1CC2C=CC1C2. The van der Waals surface area contributed by atoms with Gasteiger partial charge in [0.2, 0.25) is 0 Å². The molecular weight excluding hydrogens is 138 g/mol. The average Bonchev–Trinajstić information content (AvgIpc) is 2.45. The van der Waals surface area contributed by atoms with Gasteiger partial charge in [-0.15, -0.1) is 0 Å². The number of hydroxylamine groups is 2. The number of hydrogen-bond donors (Lipinski definition) is 1. The van der Waals surface area contributed by atoms with Gasteiger partial charge in [-0.1, -0.05) is 12.2 Å². The summed E-state index contributed by atoms with van der Waals surface area (Å²) < 4.78 is 0. The van der Waals surface area contributed by atoms with Crippen molar-refractivity contribution in [3.63, 3.8) is 0 Å². The van der Waals surface area contributed by atoms with Gasteiger partial charge in [0, 0.05) is 13.6 Å². The molecule has 2 aliphatic carbocycles. The van der Waals surface area contributed by atoms with Gasteiger partial charge in [0.1, 0.15) is 0 Å². The molecule has 62 valence electrons. The summed E-state index contributed by atoms with van der Waals surface area (Å²) in [6.07, 6.45) is 7.27. The van der Waals surface area contributed by atoms with Crippen LogP contribution in [0, 0.1) is 17.8 Å². The van der Waals surface area contributed by atoms with Crippen molar-refractivity contribution >= 4 is 0 Å². The first-order chi connectivity index (χ1) is 5.25. The molecular formula is C9H15NO. The molecule has 1 saturated carbocycles. The smallest absolute Gasteiger partial charge is 0.0269 e. The molecule has 0 aromatic rings. The number of allylic oxidation sites excluding steroid dienone is 2. The second kappa shape index (κ2) is 2.61. The molecule has 0 aromatic carbocycles. The Morgan fingerprint density at radius 1 is 1.45 bits per heavy atom. The lowest BCUT2D eigenvalue weighted by molar-refractivity contribution is -0.0782. The number of fused-ring (bicyclic) bond motifs is 2. The molecule has 2 bridgehead atoms. The van der Waals surface area contributed by atoms with E-state index in [0.717, 1.165) is 18.4 Å². The van der Waals surface area contributed by atoms with Crippen LogP contribution in [0.3, 0.4) is 0 Å². The molecule has 0 aliphatic heterocycles. The second-order valence-corrected chi connectivity index (χ2v) is 3.88. The molecule has 1 fully saturated rings. The molecule has 11 heavy (non-hydrogen) atoms. The van der Waals surface area contributed by atoms with E-state index in [4.69, 9.17) is 5.21 Å². The quantitative estimate of drug-likeness (QED) is 0.480. The lowest BCUT2D eigenvalue weighted by atomic mass is 9.94. The summed E-state index contributed by atoms with van der Waals surface area (Å²) in [6.45, 7) is 0.839. The van der Waals surface area contributed by atoms with Crippen molar-refractivity contribution in [3.8, 4) is 0 Å². The normalized spacial score (nSPS) is 40.8. The average molecular weight is 153 g/mol. The lowest BCUT2D eigenvalue weighted by Crippen LogP contribution is -2.24. The minimum atomic E-state index is 0.708. The van der Waals surface area contributed by atoms with Crippen LogP contribution in [0.2, 0.25) is 0 Å². The summed E-state index contributed by atoms with van der Waals surface area (Å²) in [6, 6.07) is 0. The maximum absolute atomic E-state index is 9.05. The van der Waals surface area contributed by atoms with Gasteiger partial charge in [-0.25, -0.2) is 0 Å². The zero-order chi connectivity index (χ0) is 7.84. The highest BCUT2D eigenvalue weighted by molar-refractivity contribution is 5.10. The van der Waals surface area contributed by atoms with Gasteiger partial charge >= 0.3 is 0 Å². The largest absolute Gasteiger partial charge is 0.314 e. The van der Waals surface area contributed by atoms with E-state index < -0.39 is 0 Å². The Labute approximate surface area is 67.5 Å². The lowest BCUT2D eigenvalue weighted by Gasteiger charge is -2.20. The summed E-state index contributed by atoms with van der Waals surface area (Å²) in [5, 5.41) is 10.4. The van der Waals surface area contributed by atoms with Gasteiger partial charge in [0.25, 0.3) is 0 Å². The van der Waals surface area contributed by atoms with Crippen LogP contribution in [0.5, 0.6) is 0 Å². The van der Waals surface area contributed by atoms with Crippen molar-refractivity contribution in [1.29, 1.82) is 0 Å². The fourth-order valence-corrected chi connectivity index (χ4v) is 2.44. The fourth-order valence-electron chi connectivity index (χ4n) is 2.44. The van der Waals surface area contributed by atoms with E-state index >= 15 is 0 Å². The van der Waals surface area contributed by atoms with E-state index in [1.807, 2.05) is 0 Å². The molecule has 2 heteroatoms. The molecule has 0 amide bonds. The predicted molar refractivity (Wildman–Crippen MR) is 43.3 cm³/mol. The maximum Gasteiger partial charge on any atom is 0.0269 e. The predicted octanol–water partition coefficient (Wildman–Crippen LogP) is 1.52. The Kier molecular flexibility index (Phi) is 1.74. The van der Waals surface area contributed by atoms with Gasteiger partial charge < -0.3 is 5.21 Å². The van der Waals surface area contributed by atoms with Crippen LogP contribution in [0.4, 0.5) is 0 Å². The molecule has 2 rings (SSSR count). The molecule has 3 atom stereocenters. The highest BCUT2D eigenvalue weighted by atomic mass is 16.5. The highest BCUT2D eigenvalue weighted by Crippen LogP contribution is 2.43. The van der Waals surface area contributed by atoms with Crippen molar-refractivity contribution in [2.45, 2.75) is 12.8 Å². The molecule has 2 aliphatic rings. The van der Waals surface area contributed by atoms with Crippen LogP contribution in [0.15, 0.2) is 12.2 Å². The monoisotopic (exact) mass is 153 g/mol. The summed E-state index contributed by atoms with van der Waals surface area (Å²) in [5.41, 5.74) is 0. The van der Waals surface area contributed by atoms with E-state index in [-0.39, 0.29) is 0 Å². The van der Waals surface area contributed by atoms with Crippen LogP contribution >= 0.6 is 0 Å². The van der Waals surface area contributed by atoms with Crippen molar-refractivity contribution in [2.75, 3.05) is 13.6 Å². The number of nitrogens with zero attached hydrogens (tertiary/aromatic N) is 1. The third kappa shape index (κ3) is 1.33. The minimum Gasteiger partial charge on any atom is -0.314 e. The number of rotatable bonds is 2. The molecule has 2 nitrogen and oxygen atoms in total. The van der Waals surface area contributed by atoms with Crippen LogP contribution in [0.25, 0.3) is 0 Å². The zero-order valence-corrected chi connectivity index (χ0v) is 6.90. The van der Waals surface area contributed by atoms with Crippen LogP contribution < -0.4 is 0 Å². The maximum atomic E-state index is 9.05. The van der Waals surface area contributed by atoms with Gasteiger partial charge in [-0.3, -0.25) is 0 Å². The van der Waals surface area contributed by atoms with Crippen LogP contribution in [0.1, 0.15) is 12.8 Å². The van der Waals surface area contributed by atoms with Crippen LogP contribution in [-0.4, -0.2) is 23.9 Å². The zero-order valence-electron chi connectivity index (χ0n) is 6.90. The second-order valence-electron chi connectivity index (χ2n) is 3.88. The summed E-state index contributed by atoms with van der Waals surface area (Å²) in [7, 11) is 1.73. The molecule has 3 unspecified atom stereocenters. The van der Waals surface area contributed by atoms with Crippen molar-refractivity contribution in [1.82, 2.24) is 5.06 Å². The van der Waals surface area contributed by atoms with Crippen molar-refractivity contribution < 1.29 is 5.21 Å². The topological polar surface area (TPSA) is 23.5 Å². The Bertz CT molecular complexity index is 176. The van der Waals surface area contributed by atoms with E-state index in [0.29, 0.717) is 5.92 Å². The van der Waals surface area contributed by atoms with E-state index in [1.54, 1.807) is 7.05 Å². The van der Waals surface area contributed by atoms with Crippen molar-refractivity contribution in [3.05, 3.63) is 12.2 Å². The van der Waals surface area contributed by atoms with Crippen LogP contribution in [-0.2, 0) is 0 Å². The van der Waals surface area contributed by atoms with Gasteiger partial charge in [-0.05, 0) is 30.6 Å². The standard InChI is InChI=1S/C9H15NO/c1-10(11)6-9-5-7-2-3-8(9)4-7/h2-3,7-9,11H,4-6H2,1H3. The fraction of sp³-hybridized carbons (Fsp3) is 0.778.